The molecule has 1 amide bonds. The van der Waals surface area contributed by atoms with Crippen LogP contribution in [0.25, 0.3) is 0 Å². The topological polar surface area (TPSA) is 158 Å². The van der Waals surface area contributed by atoms with Crippen molar-refractivity contribution >= 4 is 32.1 Å². The predicted molar refractivity (Wildman–Crippen MR) is 187 cm³/mol. The van der Waals surface area contributed by atoms with E-state index in [4.69, 9.17) is 23.4 Å². The minimum atomic E-state index is -2.49. The van der Waals surface area contributed by atoms with Gasteiger partial charge in [0.25, 0.3) is 0 Å². The van der Waals surface area contributed by atoms with E-state index in [9.17, 15) is 24.6 Å². The highest BCUT2D eigenvalue weighted by atomic mass is 28.4. The fraction of sp³-hybridized carbons (Fsp3) is 0.684. The molecule has 0 aromatic heterocycles. The number of rotatable bonds is 9. The first kappa shape index (κ1) is 37.6. The lowest BCUT2D eigenvalue weighted by atomic mass is 9.44. The van der Waals surface area contributed by atoms with E-state index in [2.05, 4.69) is 20.8 Å². The van der Waals surface area contributed by atoms with Crippen molar-refractivity contribution in [3.8, 4) is 0 Å². The molecule has 2 N–H and O–H groups in total. The number of ketones is 1. The van der Waals surface area contributed by atoms with Crippen LogP contribution < -0.4 is 0 Å². The summed E-state index contributed by atoms with van der Waals surface area (Å²) in [5.41, 5.74) is -5.86. The lowest BCUT2D eigenvalue weighted by Gasteiger charge is -2.68. The number of carbonyl (C=O) groups is 4. The summed E-state index contributed by atoms with van der Waals surface area (Å²) in [5.74, 6) is -3.27. The maximum atomic E-state index is 15.8. The highest BCUT2D eigenvalue weighted by molar-refractivity contribution is 6.73. The summed E-state index contributed by atoms with van der Waals surface area (Å²) >= 11 is 0. The molecule has 2 saturated carbocycles. The van der Waals surface area contributed by atoms with Crippen LogP contribution in [0.3, 0.4) is 0 Å². The van der Waals surface area contributed by atoms with Crippen molar-refractivity contribution in [3.63, 3.8) is 0 Å². The Morgan fingerprint density at radius 3 is 2.18 bits per heavy atom. The molecular weight excluding hydrogens is 675 g/mol. The van der Waals surface area contributed by atoms with Gasteiger partial charge >= 0.3 is 18.0 Å². The summed E-state index contributed by atoms with van der Waals surface area (Å²) < 4.78 is 32.4. The predicted octanol–water partition coefficient (Wildman–Crippen LogP) is 4.57. The van der Waals surface area contributed by atoms with Gasteiger partial charge in [-0.3, -0.25) is 9.59 Å². The highest BCUT2D eigenvalue weighted by Crippen LogP contribution is 2.65. The first-order valence-electron chi connectivity index (χ1n) is 18.3. The van der Waals surface area contributed by atoms with Crippen LogP contribution in [-0.2, 0) is 33.0 Å². The number of benzene rings is 1. The molecular formula is C38H53NO11Si. The SMILES string of the molecule is CC[Si](CC)(CC)O[C@H]1C[C@H]2OC[C@@]2(OC(=O)N2CC2)[C@H]2[C@H](OC(=O)c3ccccc3)[C@]3(O)C[C@H](O)C(C)=C([C@@H](OC(C)=O)C(=O)[C@]12C)C3(C)C. The van der Waals surface area contributed by atoms with E-state index in [-0.39, 0.29) is 30.6 Å². The molecule has 2 bridgehead atoms. The molecule has 1 aromatic rings. The zero-order valence-corrected chi connectivity index (χ0v) is 32.0. The molecule has 4 fully saturated rings. The third kappa shape index (κ3) is 5.69. The van der Waals surface area contributed by atoms with Gasteiger partial charge in [-0.2, -0.15) is 0 Å². The number of aliphatic hydroxyl groups is 2. The number of carbonyl (C=O) groups excluding carboxylic acids is 4. The van der Waals surface area contributed by atoms with E-state index < -0.39 is 90.6 Å². The largest absolute Gasteiger partial charge is 0.455 e. The van der Waals surface area contributed by atoms with E-state index in [1.54, 1.807) is 58.0 Å². The van der Waals surface area contributed by atoms with E-state index in [0.717, 1.165) is 18.1 Å². The molecule has 2 heterocycles. The Morgan fingerprint density at radius 2 is 1.65 bits per heavy atom. The Balaban J connectivity index is 1.67. The van der Waals surface area contributed by atoms with Crippen molar-refractivity contribution in [3.05, 3.63) is 47.0 Å². The second-order valence-electron chi connectivity index (χ2n) is 15.9. The van der Waals surface area contributed by atoms with Crippen LogP contribution in [-0.4, -0.2) is 109 Å². The third-order valence-electron chi connectivity index (χ3n) is 13.1. The molecule has 5 aliphatic rings. The van der Waals surface area contributed by atoms with Crippen molar-refractivity contribution < 1.29 is 52.8 Å². The number of esters is 2. The summed E-state index contributed by atoms with van der Waals surface area (Å²) in [6.07, 6.45) is -6.67. The second-order valence-corrected chi connectivity index (χ2v) is 20.6. The molecule has 12 nitrogen and oxygen atoms in total. The highest BCUT2D eigenvalue weighted by Gasteiger charge is 2.79. The molecule has 51 heavy (non-hydrogen) atoms. The van der Waals surface area contributed by atoms with E-state index in [1.165, 1.54) is 11.8 Å². The van der Waals surface area contributed by atoms with Gasteiger partial charge in [-0.1, -0.05) is 52.8 Å². The average Bonchev–Trinajstić information content (AvgIpc) is 3.94. The molecule has 13 heteroatoms. The number of hydrogen-bond donors (Lipinski definition) is 2. The zero-order valence-electron chi connectivity index (χ0n) is 31.0. The molecule has 2 saturated heterocycles. The summed E-state index contributed by atoms with van der Waals surface area (Å²) in [6.45, 7) is 15.1. The number of nitrogens with zero attached hydrogens (tertiary/aromatic N) is 1. The minimum Gasteiger partial charge on any atom is -0.455 e. The Bertz CT molecular complexity index is 1600. The lowest BCUT2D eigenvalue weighted by Crippen LogP contribution is -2.82. The van der Waals surface area contributed by atoms with Gasteiger partial charge in [0.1, 0.15) is 17.8 Å². The van der Waals surface area contributed by atoms with Crippen molar-refractivity contribution in [2.24, 2.45) is 16.7 Å². The normalized spacial score (nSPS) is 36.8. The molecule has 0 spiro atoms. The standard InChI is InChI=1S/C38H53NO11Si/c1-9-51(10-2,11-3)50-26-19-27-37(21-46-27,49-34(44)39-17-18-39)30-32(48-33(43)24-15-13-12-14-16-24)38(45)20-25(41)22(4)28(35(38,6)7)29(47-23(5)40)31(42)36(26,30)8/h12-16,25-27,29-30,32,41,45H,9-11,17-21H2,1-8H3/t25-,26-,27+,29+,30-,32-,36+,37-,38+/m0/s1. The number of amides is 1. The summed E-state index contributed by atoms with van der Waals surface area (Å²) in [4.78, 5) is 58.0. The zero-order chi connectivity index (χ0) is 37.3. The molecule has 2 aliphatic heterocycles. The Labute approximate surface area is 300 Å². The van der Waals surface area contributed by atoms with Gasteiger partial charge in [-0.25, -0.2) is 9.59 Å². The summed E-state index contributed by atoms with van der Waals surface area (Å²) in [5, 5.41) is 25.0. The first-order valence-corrected chi connectivity index (χ1v) is 20.9. The van der Waals surface area contributed by atoms with Gasteiger partial charge in [-0.15, -0.1) is 0 Å². The second kappa shape index (κ2) is 13.1. The average molecular weight is 728 g/mol. The van der Waals surface area contributed by atoms with Crippen molar-refractivity contribution in [1.82, 2.24) is 4.90 Å². The number of hydrogen-bond acceptors (Lipinski definition) is 11. The Hall–Kier alpha value is -3.10. The van der Waals surface area contributed by atoms with Crippen LogP contribution >= 0.6 is 0 Å². The van der Waals surface area contributed by atoms with Crippen LogP contribution in [0.4, 0.5) is 4.79 Å². The van der Waals surface area contributed by atoms with Crippen molar-refractivity contribution in [2.75, 3.05) is 19.7 Å². The van der Waals surface area contributed by atoms with Gasteiger partial charge < -0.3 is 38.5 Å². The number of aliphatic hydroxyl groups excluding tert-OH is 1. The van der Waals surface area contributed by atoms with E-state index in [1.807, 2.05) is 0 Å². The van der Waals surface area contributed by atoms with Gasteiger partial charge in [-0.05, 0) is 55.3 Å². The van der Waals surface area contributed by atoms with E-state index in [0.29, 0.717) is 18.7 Å². The summed E-state index contributed by atoms with van der Waals surface area (Å²) in [6, 6.07) is 10.6. The molecule has 9 atom stereocenters. The Kier molecular flexibility index (Phi) is 9.66. The molecule has 280 valence electrons. The maximum Gasteiger partial charge on any atom is 0.410 e. The minimum absolute atomic E-state index is 0.131. The maximum absolute atomic E-state index is 15.8. The lowest BCUT2D eigenvalue weighted by molar-refractivity contribution is -0.340. The number of fused-ring (bicyclic) bond motifs is 5. The number of ether oxygens (including phenoxy) is 4. The summed E-state index contributed by atoms with van der Waals surface area (Å²) in [7, 11) is -2.49. The van der Waals surface area contributed by atoms with Crippen LogP contribution in [0.15, 0.2) is 41.5 Å². The number of Topliss-reactive ketones (excluding diaryl/α,β-unsaturated/α-hetero) is 1. The van der Waals surface area contributed by atoms with Crippen LogP contribution in [0.1, 0.15) is 78.6 Å². The fourth-order valence-corrected chi connectivity index (χ4v) is 12.5. The molecule has 1 aromatic carbocycles. The van der Waals surface area contributed by atoms with Gasteiger partial charge in [0, 0.05) is 38.3 Å². The molecule has 6 rings (SSSR count). The quantitative estimate of drug-likeness (QED) is 0.121. The molecule has 3 aliphatic carbocycles. The monoisotopic (exact) mass is 727 g/mol. The van der Waals surface area contributed by atoms with Crippen LogP contribution in [0.2, 0.25) is 18.1 Å². The smallest absolute Gasteiger partial charge is 0.410 e. The van der Waals surface area contributed by atoms with Crippen LogP contribution in [0, 0.1) is 16.7 Å². The third-order valence-corrected chi connectivity index (χ3v) is 17.8. The first-order chi connectivity index (χ1) is 24.0. The van der Waals surface area contributed by atoms with Crippen molar-refractivity contribution in [2.45, 2.75) is 128 Å². The Morgan fingerprint density at radius 1 is 1.02 bits per heavy atom. The van der Waals surface area contributed by atoms with Gasteiger partial charge in [0.05, 0.1) is 35.7 Å². The van der Waals surface area contributed by atoms with Gasteiger partial charge in [0.2, 0.25) is 0 Å². The molecule has 0 unspecified atom stereocenters. The van der Waals surface area contributed by atoms with E-state index >= 15 is 4.79 Å². The van der Waals surface area contributed by atoms with Gasteiger partial charge in [0.15, 0.2) is 25.8 Å². The van der Waals surface area contributed by atoms with Crippen LogP contribution in [0.5, 0.6) is 0 Å². The fourth-order valence-electron chi connectivity index (χ4n) is 9.55. The van der Waals surface area contributed by atoms with Crippen molar-refractivity contribution in [1.29, 1.82) is 0 Å². The molecule has 0 radical (unpaired) electrons.